The van der Waals surface area contributed by atoms with Gasteiger partial charge < -0.3 is 14.1 Å². The van der Waals surface area contributed by atoms with Crippen molar-refractivity contribution in [2.24, 2.45) is 0 Å². The summed E-state index contributed by atoms with van der Waals surface area (Å²) in [6, 6.07) is 18.3. The summed E-state index contributed by atoms with van der Waals surface area (Å²) in [5.41, 5.74) is 6.63. The van der Waals surface area contributed by atoms with Crippen LogP contribution >= 0.6 is 0 Å². The number of aromatic nitrogens is 1. The maximum atomic E-state index is 12.4. The van der Waals surface area contributed by atoms with Crippen LogP contribution in [0.3, 0.4) is 0 Å². The Morgan fingerprint density at radius 3 is 2.54 bits per heavy atom. The molecule has 0 atom stereocenters. The normalized spacial score (nSPS) is 10.6. The van der Waals surface area contributed by atoms with Crippen molar-refractivity contribution in [3.05, 3.63) is 90.0 Å². The summed E-state index contributed by atoms with van der Waals surface area (Å²) in [5, 5.41) is 0.768. The SMILES string of the molecule is O=C(NNC(=O)c1c[nH]c2ccccc12)c1occc1COc1ccccc1. The molecule has 0 fully saturated rings. The second-order valence-electron chi connectivity index (χ2n) is 6.03. The molecule has 140 valence electrons. The number of amides is 2. The average Bonchev–Trinajstić information content (AvgIpc) is 3.38. The summed E-state index contributed by atoms with van der Waals surface area (Å²) in [7, 11) is 0. The van der Waals surface area contributed by atoms with Gasteiger partial charge in [0.25, 0.3) is 5.91 Å². The first-order chi connectivity index (χ1) is 13.7. The van der Waals surface area contributed by atoms with Crippen LogP contribution in [0.5, 0.6) is 5.75 Å². The lowest BCUT2D eigenvalue weighted by atomic mass is 10.2. The molecule has 2 heterocycles. The van der Waals surface area contributed by atoms with E-state index in [9.17, 15) is 9.59 Å². The molecule has 0 unspecified atom stereocenters. The molecule has 0 aliphatic rings. The third-order valence-corrected chi connectivity index (χ3v) is 4.21. The Morgan fingerprint density at radius 1 is 0.929 bits per heavy atom. The molecule has 0 saturated heterocycles. The van der Waals surface area contributed by atoms with Gasteiger partial charge in [-0.1, -0.05) is 36.4 Å². The molecule has 2 amide bonds. The van der Waals surface area contributed by atoms with Gasteiger partial charge in [0, 0.05) is 22.7 Å². The van der Waals surface area contributed by atoms with Crippen LogP contribution in [0.15, 0.2) is 77.5 Å². The molecule has 7 heteroatoms. The lowest BCUT2D eigenvalue weighted by molar-refractivity contribution is 0.0829. The van der Waals surface area contributed by atoms with Gasteiger partial charge in [0.05, 0.1) is 11.8 Å². The van der Waals surface area contributed by atoms with Crippen molar-refractivity contribution in [1.29, 1.82) is 0 Å². The second-order valence-corrected chi connectivity index (χ2v) is 6.03. The minimum atomic E-state index is -0.565. The Labute approximate surface area is 160 Å². The van der Waals surface area contributed by atoms with Gasteiger partial charge in [-0.15, -0.1) is 0 Å². The number of aromatic amines is 1. The van der Waals surface area contributed by atoms with E-state index >= 15 is 0 Å². The number of rotatable bonds is 5. The van der Waals surface area contributed by atoms with Crippen LogP contribution in [0.25, 0.3) is 10.9 Å². The van der Waals surface area contributed by atoms with E-state index in [0.717, 1.165) is 10.9 Å². The molecule has 2 aromatic heterocycles. The lowest BCUT2D eigenvalue weighted by Gasteiger charge is -2.08. The number of furan rings is 1. The summed E-state index contributed by atoms with van der Waals surface area (Å²) in [6.07, 6.45) is 3.00. The molecule has 4 rings (SSSR count). The smallest absolute Gasteiger partial charge is 0.305 e. The minimum absolute atomic E-state index is 0.0788. The number of para-hydroxylation sites is 2. The third kappa shape index (κ3) is 3.59. The highest BCUT2D eigenvalue weighted by Crippen LogP contribution is 2.18. The molecule has 3 N–H and O–H groups in total. The van der Waals surface area contributed by atoms with Crippen LogP contribution < -0.4 is 15.6 Å². The van der Waals surface area contributed by atoms with Crippen LogP contribution in [0, 0.1) is 0 Å². The predicted molar refractivity (Wildman–Crippen MR) is 103 cm³/mol. The van der Waals surface area contributed by atoms with Gasteiger partial charge in [-0.05, 0) is 24.3 Å². The van der Waals surface area contributed by atoms with Crippen LogP contribution in [-0.4, -0.2) is 16.8 Å². The largest absolute Gasteiger partial charge is 0.489 e. The summed E-state index contributed by atoms with van der Waals surface area (Å²) in [5.74, 6) is -0.234. The third-order valence-electron chi connectivity index (χ3n) is 4.21. The molecule has 28 heavy (non-hydrogen) atoms. The number of hydrogen-bond acceptors (Lipinski definition) is 4. The zero-order chi connectivity index (χ0) is 19.3. The van der Waals surface area contributed by atoms with E-state index in [1.807, 2.05) is 54.6 Å². The van der Waals surface area contributed by atoms with E-state index in [4.69, 9.17) is 9.15 Å². The number of carbonyl (C=O) groups excluding carboxylic acids is 2. The highest BCUT2D eigenvalue weighted by atomic mass is 16.5. The van der Waals surface area contributed by atoms with Gasteiger partial charge in [0.15, 0.2) is 5.76 Å². The first-order valence-electron chi connectivity index (χ1n) is 8.63. The zero-order valence-electron chi connectivity index (χ0n) is 14.8. The fourth-order valence-electron chi connectivity index (χ4n) is 2.82. The van der Waals surface area contributed by atoms with Crippen molar-refractivity contribution in [3.8, 4) is 5.75 Å². The van der Waals surface area contributed by atoms with E-state index in [1.54, 1.807) is 12.3 Å². The fourth-order valence-corrected chi connectivity index (χ4v) is 2.82. The summed E-state index contributed by atoms with van der Waals surface area (Å²) < 4.78 is 10.9. The minimum Gasteiger partial charge on any atom is -0.489 e. The van der Waals surface area contributed by atoms with Gasteiger partial charge in [0.1, 0.15) is 12.4 Å². The zero-order valence-corrected chi connectivity index (χ0v) is 14.8. The number of hydrazine groups is 1. The van der Waals surface area contributed by atoms with Gasteiger partial charge in [-0.25, -0.2) is 0 Å². The van der Waals surface area contributed by atoms with Crippen LogP contribution in [0.2, 0.25) is 0 Å². The molecule has 0 bridgehead atoms. The monoisotopic (exact) mass is 375 g/mol. The van der Waals surface area contributed by atoms with E-state index in [-0.39, 0.29) is 12.4 Å². The predicted octanol–water partition coefficient (Wildman–Crippen LogP) is 3.41. The van der Waals surface area contributed by atoms with E-state index in [1.165, 1.54) is 6.26 Å². The van der Waals surface area contributed by atoms with Crippen LogP contribution in [0.4, 0.5) is 0 Å². The number of benzene rings is 2. The quantitative estimate of drug-likeness (QED) is 0.466. The maximum absolute atomic E-state index is 12.4. The average molecular weight is 375 g/mol. The molecule has 0 aliphatic carbocycles. The Kier molecular flexibility index (Phi) is 4.79. The van der Waals surface area contributed by atoms with E-state index in [2.05, 4.69) is 15.8 Å². The molecule has 0 spiro atoms. The Hall–Kier alpha value is -4.00. The molecule has 0 aliphatic heterocycles. The van der Waals surface area contributed by atoms with E-state index < -0.39 is 11.8 Å². The van der Waals surface area contributed by atoms with Gasteiger partial charge in [-0.3, -0.25) is 20.4 Å². The van der Waals surface area contributed by atoms with Gasteiger partial charge in [0.2, 0.25) is 0 Å². The van der Waals surface area contributed by atoms with Crippen molar-refractivity contribution in [2.45, 2.75) is 6.61 Å². The lowest BCUT2D eigenvalue weighted by Crippen LogP contribution is -2.41. The molecule has 0 radical (unpaired) electrons. The topological polar surface area (TPSA) is 96.4 Å². The van der Waals surface area contributed by atoms with Crippen molar-refractivity contribution >= 4 is 22.7 Å². The van der Waals surface area contributed by atoms with Crippen molar-refractivity contribution < 1.29 is 18.7 Å². The number of fused-ring (bicyclic) bond motifs is 1. The molecule has 4 aromatic rings. The molecular weight excluding hydrogens is 358 g/mol. The highest BCUT2D eigenvalue weighted by Gasteiger charge is 2.18. The van der Waals surface area contributed by atoms with Crippen molar-refractivity contribution in [1.82, 2.24) is 15.8 Å². The number of ether oxygens (including phenoxy) is 1. The highest BCUT2D eigenvalue weighted by molar-refractivity contribution is 6.07. The number of H-pyrrole nitrogens is 1. The summed E-state index contributed by atoms with van der Waals surface area (Å²) >= 11 is 0. The van der Waals surface area contributed by atoms with Crippen LogP contribution in [0.1, 0.15) is 26.5 Å². The number of hydrogen-bond donors (Lipinski definition) is 3. The van der Waals surface area contributed by atoms with Gasteiger partial charge >= 0.3 is 5.91 Å². The Morgan fingerprint density at radius 2 is 1.68 bits per heavy atom. The fraction of sp³-hybridized carbons (Fsp3) is 0.0476. The molecule has 0 saturated carbocycles. The molecule has 2 aromatic carbocycles. The Bertz CT molecular complexity index is 1110. The van der Waals surface area contributed by atoms with Crippen molar-refractivity contribution in [2.75, 3.05) is 0 Å². The van der Waals surface area contributed by atoms with Crippen molar-refractivity contribution in [3.63, 3.8) is 0 Å². The van der Waals surface area contributed by atoms with Crippen LogP contribution in [-0.2, 0) is 6.61 Å². The number of nitrogens with one attached hydrogen (secondary N) is 3. The summed E-state index contributed by atoms with van der Waals surface area (Å²) in [6.45, 7) is 0.166. The molecular formula is C21H17N3O4. The second kappa shape index (κ2) is 7.71. The van der Waals surface area contributed by atoms with E-state index in [0.29, 0.717) is 16.9 Å². The standard InChI is InChI=1S/C21H17N3O4/c25-20(17-12-22-18-9-5-4-8-16(17)18)23-24-21(26)19-14(10-11-27-19)13-28-15-6-2-1-3-7-15/h1-12,22H,13H2,(H,23,25)(H,24,26). The first kappa shape index (κ1) is 17.4. The number of carbonyl (C=O) groups is 2. The molecule has 7 nitrogen and oxygen atoms in total. The maximum Gasteiger partial charge on any atom is 0.305 e. The summed E-state index contributed by atoms with van der Waals surface area (Å²) in [4.78, 5) is 27.8. The Balaban J connectivity index is 1.39. The first-order valence-corrected chi connectivity index (χ1v) is 8.63. The van der Waals surface area contributed by atoms with Gasteiger partial charge in [-0.2, -0.15) is 0 Å².